The van der Waals surface area contributed by atoms with Gasteiger partial charge in [-0.2, -0.15) is 0 Å². The van der Waals surface area contributed by atoms with Crippen LogP contribution >= 0.6 is 0 Å². The smallest absolute Gasteiger partial charge is 0.255 e. The van der Waals surface area contributed by atoms with Crippen molar-refractivity contribution in [3.8, 4) is 33.6 Å². The molecule has 6 aromatic heterocycles. The number of nitrogens with zero attached hydrogens (tertiary/aromatic N) is 6. The molecule has 10 heterocycles. The lowest BCUT2D eigenvalue weighted by molar-refractivity contribution is 0.503. The first-order chi connectivity index (χ1) is 29.2. The van der Waals surface area contributed by atoms with E-state index in [4.69, 9.17) is 0 Å². The molecule has 2 fully saturated rings. The highest BCUT2D eigenvalue weighted by Crippen LogP contribution is 2.43. The fraction of sp³-hybridized carbons (Fsp3) is 0.280. The second kappa shape index (κ2) is 14.1. The quantitative estimate of drug-likeness (QED) is 0.187. The van der Waals surface area contributed by atoms with Crippen LogP contribution < -0.4 is 21.8 Å². The van der Waals surface area contributed by atoms with E-state index in [1.807, 2.05) is 75.0 Å². The Labute approximate surface area is 348 Å². The molecule has 4 aliphatic rings. The van der Waals surface area contributed by atoms with Crippen molar-refractivity contribution in [2.24, 2.45) is 14.1 Å². The van der Waals surface area contributed by atoms with Crippen LogP contribution in [0, 0.1) is 13.8 Å². The van der Waals surface area contributed by atoms with Gasteiger partial charge in [0.15, 0.2) is 0 Å². The first kappa shape index (κ1) is 36.7. The average Bonchev–Trinajstić information content (AvgIpc) is 3.99. The van der Waals surface area contributed by atoms with Crippen molar-refractivity contribution in [1.29, 1.82) is 0 Å². The second-order valence-corrected chi connectivity index (χ2v) is 17.3. The van der Waals surface area contributed by atoms with E-state index < -0.39 is 0 Å². The molecule has 300 valence electrons. The van der Waals surface area contributed by atoms with Gasteiger partial charge < -0.3 is 19.8 Å². The van der Waals surface area contributed by atoms with E-state index in [0.717, 1.165) is 57.9 Å². The molecule has 0 spiro atoms. The molecular formula is C50H48N8O2. The topological polar surface area (TPSA) is 104 Å². The van der Waals surface area contributed by atoms with Crippen LogP contribution in [0.4, 0.5) is 0 Å². The third kappa shape index (κ3) is 6.08. The summed E-state index contributed by atoms with van der Waals surface area (Å²) in [5, 5.41) is 10.1. The second-order valence-electron chi connectivity index (χ2n) is 17.3. The summed E-state index contributed by atoms with van der Waals surface area (Å²) in [4.78, 5) is 34.5. The van der Waals surface area contributed by atoms with E-state index in [-0.39, 0.29) is 11.1 Å². The molecule has 4 atom stereocenters. The van der Waals surface area contributed by atoms with Crippen LogP contribution in [0.5, 0.6) is 0 Å². The Kier molecular flexibility index (Phi) is 8.65. The van der Waals surface area contributed by atoms with E-state index >= 15 is 0 Å². The van der Waals surface area contributed by atoms with E-state index in [1.165, 1.54) is 70.0 Å². The highest BCUT2D eigenvalue weighted by molar-refractivity contribution is 5.89. The first-order valence-electron chi connectivity index (χ1n) is 21.2. The maximum absolute atomic E-state index is 12.9. The number of aryl methyl sites for hydroxylation is 4. The summed E-state index contributed by atoms with van der Waals surface area (Å²) in [6, 6.07) is 30.3. The molecule has 0 saturated carbocycles. The van der Waals surface area contributed by atoms with E-state index in [1.54, 1.807) is 21.3 Å². The largest absolute Gasteiger partial charge is 0.347 e. The van der Waals surface area contributed by atoms with Crippen LogP contribution in [0.3, 0.4) is 0 Å². The minimum Gasteiger partial charge on any atom is -0.347 e. The fourth-order valence-electron chi connectivity index (χ4n) is 10.5. The van der Waals surface area contributed by atoms with E-state index in [0.29, 0.717) is 24.2 Å². The highest BCUT2D eigenvalue weighted by atomic mass is 16.1. The molecule has 0 aliphatic carbocycles. The number of hydrogen-bond donors (Lipinski definition) is 2. The maximum Gasteiger partial charge on any atom is 0.255 e. The summed E-state index contributed by atoms with van der Waals surface area (Å²) in [6.45, 7) is 3.92. The zero-order valence-corrected chi connectivity index (χ0v) is 34.4. The van der Waals surface area contributed by atoms with E-state index in [2.05, 4.69) is 80.2 Å². The van der Waals surface area contributed by atoms with Crippen molar-refractivity contribution in [2.45, 2.75) is 76.5 Å². The van der Waals surface area contributed by atoms with Gasteiger partial charge in [-0.25, -0.2) is 0 Å². The van der Waals surface area contributed by atoms with Gasteiger partial charge in [0.05, 0.1) is 22.4 Å². The molecule has 4 bridgehead atoms. The van der Waals surface area contributed by atoms with Crippen molar-refractivity contribution >= 4 is 21.8 Å². The predicted molar refractivity (Wildman–Crippen MR) is 238 cm³/mol. The van der Waals surface area contributed by atoms with Crippen LogP contribution in [0.25, 0.3) is 55.4 Å². The van der Waals surface area contributed by atoms with Crippen LogP contribution in [0.1, 0.15) is 71.7 Å². The van der Waals surface area contributed by atoms with Gasteiger partial charge in [0, 0.05) is 133 Å². The van der Waals surface area contributed by atoms with Gasteiger partial charge in [-0.15, -0.1) is 0 Å². The summed E-state index contributed by atoms with van der Waals surface area (Å²) in [7, 11) is 4.32. The van der Waals surface area contributed by atoms with Gasteiger partial charge in [-0.1, -0.05) is 24.3 Å². The SMILES string of the molecule is Cc1ccc(-c2ccn(-c3ccc4c5c(n(C)c4c3)CC3CCC5N3)c(=O)c2)cn1.Cc1ccc(-c2ccn(-c3ccc4c5c(n(C)c4c3)CC3CCC5N3)c(=O)c2)cn1. The number of pyridine rings is 4. The third-order valence-electron chi connectivity index (χ3n) is 13.6. The lowest BCUT2D eigenvalue weighted by Gasteiger charge is -2.23. The Morgan fingerprint density at radius 1 is 0.533 bits per heavy atom. The number of benzene rings is 2. The molecule has 60 heavy (non-hydrogen) atoms. The zero-order chi connectivity index (χ0) is 40.8. The highest BCUT2D eigenvalue weighted by Gasteiger charge is 2.37. The maximum atomic E-state index is 12.9. The van der Waals surface area contributed by atoms with Gasteiger partial charge in [-0.05, 0) is 110 Å². The number of fused-ring (bicyclic) bond motifs is 12. The molecule has 12 rings (SSSR count). The summed E-state index contributed by atoms with van der Waals surface area (Å²) >= 11 is 0. The summed E-state index contributed by atoms with van der Waals surface area (Å²) in [5.74, 6) is 0. The third-order valence-corrected chi connectivity index (χ3v) is 13.6. The molecule has 4 unspecified atom stereocenters. The standard InChI is InChI=1S/2C25H24N4O/c2*1-15-3-4-17(14-26-15)16-9-10-29(24(30)11-16)19-6-7-20-22(13-19)28(2)23-12-18-5-8-21(27-18)25(20)23/h2*3-4,6-7,9-11,13-14,18,21,27H,5,8,12H2,1-2H3. The monoisotopic (exact) mass is 792 g/mol. The molecule has 0 radical (unpaired) electrons. The molecule has 10 nitrogen and oxygen atoms in total. The Hall–Kier alpha value is -6.36. The van der Waals surface area contributed by atoms with Crippen LogP contribution in [-0.2, 0) is 26.9 Å². The predicted octanol–water partition coefficient (Wildman–Crippen LogP) is 8.10. The van der Waals surface area contributed by atoms with Crippen molar-refractivity contribution < 1.29 is 0 Å². The van der Waals surface area contributed by atoms with Crippen molar-refractivity contribution in [3.05, 3.63) is 164 Å². The summed E-state index contributed by atoms with van der Waals surface area (Å²) in [6.07, 6.45) is 14.5. The fourth-order valence-corrected chi connectivity index (χ4v) is 10.5. The lowest BCUT2D eigenvalue weighted by Crippen LogP contribution is -2.32. The average molecular weight is 793 g/mol. The molecule has 10 heteroatoms. The van der Waals surface area contributed by atoms with Crippen LogP contribution in [0.15, 0.2) is 119 Å². The first-order valence-corrected chi connectivity index (χ1v) is 21.2. The molecule has 4 aliphatic heterocycles. The van der Waals surface area contributed by atoms with Crippen LogP contribution in [-0.4, -0.2) is 40.3 Å². The minimum atomic E-state index is -0.0351. The Morgan fingerprint density at radius 2 is 0.983 bits per heavy atom. The van der Waals surface area contributed by atoms with Crippen LogP contribution in [0.2, 0.25) is 0 Å². The van der Waals surface area contributed by atoms with Gasteiger partial charge in [0.25, 0.3) is 11.1 Å². The van der Waals surface area contributed by atoms with Gasteiger partial charge in [0.1, 0.15) is 0 Å². The minimum absolute atomic E-state index is 0.0351. The van der Waals surface area contributed by atoms with Crippen molar-refractivity contribution in [3.63, 3.8) is 0 Å². The van der Waals surface area contributed by atoms with Gasteiger partial charge in [-0.3, -0.25) is 28.7 Å². The number of nitrogens with one attached hydrogen (secondary N) is 2. The number of aromatic nitrogens is 6. The number of rotatable bonds is 4. The molecule has 0 amide bonds. The lowest BCUT2D eigenvalue weighted by atomic mass is 9.99. The molecule has 8 aromatic rings. The summed E-state index contributed by atoms with van der Waals surface area (Å²) < 4.78 is 8.11. The normalized spacial score (nSPS) is 19.9. The summed E-state index contributed by atoms with van der Waals surface area (Å²) in [5.41, 5.74) is 15.6. The zero-order valence-electron chi connectivity index (χ0n) is 34.4. The van der Waals surface area contributed by atoms with Crippen molar-refractivity contribution in [2.75, 3.05) is 0 Å². The Bertz CT molecular complexity index is 2900. The molecule has 2 saturated heterocycles. The van der Waals surface area contributed by atoms with Gasteiger partial charge in [0.2, 0.25) is 0 Å². The molecule has 2 aromatic carbocycles. The Morgan fingerprint density at radius 3 is 1.38 bits per heavy atom. The Balaban J connectivity index is 0.000000136. The number of hydrogen-bond acceptors (Lipinski definition) is 6. The molecular weight excluding hydrogens is 745 g/mol. The van der Waals surface area contributed by atoms with E-state index in [9.17, 15) is 9.59 Å². The molecule has 2 N–H and O–H groups in total. The van der Waals surface area contributed by atoms with Gasteiger partial charge >= 0.3 is 0 Å². The van der Waals surface area contributed by atoms with Crippen molar-refractivity contribution in [1.82, 2.24) is 38.9 Å².